The second-order valence-corrected chi connectivity index (χ2v) is 5.16. The number of carbonyl (C=O) groups excluding carboxylic acids is 1. The highest BCUT2D eigenvalue weighted by Gasteiger charge is 2.18. The summed E-state index contributed by atoms with van der Waals surface area (Å²) in [7, 11) is 0. The first-order valence-electron chi connectivity index (χ1n) is 5.97. The van der Waals surface area contributed by atoms with Crippen LogP contribution in [0, 0.1) is 0 Å². The minimum Gasteiger partial charge on any atom is -0.323 e. The van der Waals surface area contributed by atoms with Crippen molar-refractivity contribution in [2.75, 3.05) is 5.32 Å². The minimum atomic E-state index is -0.738. The van der Waals surface area contributed by atoms with Crippen LogP contribution in [0.1, 0.15) is 10.9 Å². The molecule has 0 saturated heterocycles. The zero-order chi connectivity index (χ0) is 13.9. The van der Waals surface area contributed by atoms with Crippen LogP contribution in [-0.2, 0) is 4.79 Å². The number of fused-ring (bicyclic) bond motifs is 1. The molecule has 0 bridgehead atoms. The summed E-state index contributed by atoms with van der Waals surface area (Å²) in [5, 5.41) is 2.06. The summed E-state index contributed by atoms with van der Waals surface area (Å²) < 4.78 is 8.31. The van der Waals surface area contributed by atoms with Gasteiger partial charge in [-0.05, 0) is 17.7 Å². The average Bonchev–Trinajstić information content (AvgIpc) is 2.97. The van der Waals surface area contributed by atoms with Crippen LogP contribution in [0.2, 0.25) is 0 Å². The van der Waals surface area contributed by atoms with Crippen molar-refractivity contribution < 1.29 is 4.79 Å². The fourth-order valence-electron chi connectivity index (χ4n) is 1.88. The van der Waals surface area contributed by atoms with E-state index in [4.69, 9.17) is 11.6 Å². The van der Waals surface area contributed by atoms with E-state index in [1.54, 1.807) is 6.07 Å². The largest absolute Gasteiger partial charge is 0.323 e. The molecule has 20 heavy (non-hydrogen) atoms. The van der Waals surface area contributed by atoms with Gasteiger partial charge in [0.2, 0.25) is 5.91 Å². The Bertz CT molecular complexity index is 744. The summed E-state index contributed by atoms with van der Waals surface area (Å²) in [6.07, 6.45) is 0. The van der Waals surface area contributed by atoms with E-state index < -0.39 is 5.38 Å². The zero-order valence-corrected chi connectivity index (χ0v) is 11.9. The van der Waals surface area contributed by atoms with Crippen LogP contribution in [0.15, 0.2) is 48.5 Å². The summed E-state index contributed by atoms with van der Waals surface area (Å²) in [5.74, 6) is -0.279. The first-order valence-corrected chi connectivity index (χ1v) is 7.13. The average molecular weight is 304 g/mol. The van der Waals surface area contributed by atoms with E-state index in [9.17, 15) is 4.79 Å². The van der Waals surface area contributed by atoms with E-state index in [1.165, 1.54) is 0 Å². The molecule has 2 aromatic carbocycles. The molecule has 1 amide bonds. The first-order chi connectivity index (χ1) is 9.75. The number of halogens is 1. The highest BCUT2D eigenvalue weighted by molar-refractivity contribution is 7.00. The number of aromatic nitrogens is 2. The van der Waals surface area contributed by atoms with Gasteiger partial charge in [0.05, 0.1) is 17.4 Å². The lowest BCUT2D eigenvalue weighted by Crippen LogP contribution is -2.17. The Morgan fingerprint density at radius 1 is 1.10 bits per heavy atom. The zero-order valence-electron chi connectivity index (χ0n) is 10.3. The monoisotopic (exact) mass is 303 g/mol. The maximum atomic E-state index is 12.2. The van der Waals surface area contributed by atoms with E-state index in [0.29, 0.717) is 11.2 Å². The van der Waals surface area contributed by atoms with Gasteiger partial charge in [-0.2, -0.15) is 8.75 Å². The summed E-state index contributed by atoms with van der Waals surface area (Å²) in [4.78, 5) is 12.2. The summed E-state index contributed by atoms with van der Waals surface area (Å²) in [6, 6.07) is 14.7. The highest BCUT2D eigenvalue weighted by atomic mass is 35.5. The molecule has 100 valence electrons. The fourth-order valence-corrected chi connectivity index (χ4v) is 2.63. The third-order valence-corrected chi connectivity index (χ3v) is 3.86. The number of hydrogen-bond donors (Lipinski definition) is 1. The van der Waals surface area contributed by atoms with Gasteiger partial charge in [0.15, 0.2) is 0 Å². The smallest absolute Gasteiger partial charge is 0.247 e. The van der Waals surface area contributed by atoms with Gasteiger partial charge in [0.1, 0.15) is 16.4 Å². The molecule has 1 N–H and O–H groups in total. The van der Waals surface area contributed by atoms with Crippen LogP contribution < -0.4 is 5.32 Å². The molecule has 3 aromatic rings. The van der Waals surface area contributed by atoms with Crippen molar-refractivity contribution in [1.82, 2.24) is 8.75 Å². The highest BCUT2D eigenvalue weighted by Crippen LogP contribution is 2.25. The molecule has 1 heterocycles. The number of amides is 1. The predicted octanol–water partition coefficient (Wildman–Crippen LogP) is 3.61. The Kier molecular flexibility index (Phi) is 3.62. The Morgan fingerprint density at radius 2 is 1.90 bits per heavy atom. The SMILES string of the molecule is O=C(Nc1cccc2nsnc12)C(Cl)c1ccccc1. The molecule has 1 aromatic heterocycles. The van der Waals surface area contributed by atoms with E-state index in [1.807, 2.05) is 42.5 Å². The number of rotatable bonds is 3. The molecule has 0 aliphatic carbocycles. The molecular weight excluding hydrogens is 294 g/mol. The van der Waals surface area contributed by atoms with E-state index in [-0.39, 0.29) is 5.91 Å². The molecule has 0 aliphatic heterocycles. The standard InChI is InChI=1S/C14H10ClN3OS/c15-12(9-5-2-1-3-6-9)14(19)16-10-7-4-8-11-13(10)18-20-17-11/h1-8,12H,(H,16,19). The molecule has 4 nitrogen and oxygen atoms in total. The lowest BCUT2D eigenvalue weighted by Gasteiger charge is -2.10. The number of nitrogens with zero attached hydrogens (tertiary/aromatic N) is 2. The molecule has 1 unspecified atom stereocenters. The van der Waals surface area contributed by atoms with Crippen molar-refractivity contribution in [3.05, 3.63) is 54.1 Å². The third kappa shape index (κ3) is 2.50. The van der Waals surface area contributed by atoms with Gasteiger partial charge >= 0.3 is 0 Å². The molecule has 3 rings (SSSR count). The summed E-state index contributed by atoms with van der Waals surface area (Å²) >= 11 is 7.30. The van der Waals surface area contributed by atoms with E-state index >= 15 is 0 Å². The molecular formula is C14H10ClN3OS. The number of anilines is 1. The summed E-state index contributed by atoms with van der Waals surface area (Å²) in [6.45, 7) is 0. The Morgan fingerprint density at radius 3 is 2.70 bits per heavy atom. The van der Waals surface area contributed by atoms with E-state index in [2.05, 4.69) is 14.1 Å². The Balaban J connectivity index is 1.84. The molecule has 6 heteroatoms. The van der Waals surface area contributed by atoms with Crippen LogP contribution in [0.3, 0.4) is 0 Å². The van der Waals surface area contributed by atoms with Crippen molar-refractivity contribution in [2.24, 2.45) is 0 Å². The van der Waals surface area contributed by atoms with Crippen molar-refractivity contribution in [3.8, 4) is 0 Å². The Hall–Kier alpha value is -1.98. The van der Waals surface area contributed by atoms with Crippen LogP contribution >= 0.6 is 23.3 Å². The predicted molar refractivity (Wildman–Crippen MR) is 81.1 cm³/mol. The second-order valence-electron chi connectivity index (χ2n) is 4.20. The first kappa shape index (κ1) is 13.0. The van der Waals surface area contributed by atoms with Gasteiger partial charge < -0.3 is 5.32 Å². The molecule has 1 atom stereocenters. The minimum absolute atomic E-state index is 0.279. The van der Waals surface area contributed by atoms with Crippen LogP contribution in [0.5, 0.6) is 0 Å². The van der Waals surface area contributed by atoms with Crippen molar-refractivity contribution in [2.45, 2.75) is 5.38 Å². The topological polar surface area (TPSA) is 54.9 Å². The number of carbonyl (C=O) groups is 1. The lowest BCUT2D eigenvalue weighted by molar-refractivity contribution is -0.116. The number of nitrogens with one attached hydrogen (secondary N) is 1. The van der Waals surface area contributed by atoms with Gasteiger partial charge in [0, 0.05) is 0 Å². The van der Waals surface area contributed by atoms with Crippen LogP contribution in [-0.4, -0.2) is 14.7 Å². The molecule has 0 saturated carbocycles. The van der Waals surface area contributed by atoms with E-state index in [0.717, 1.165) is 22.8 Å². The maximum absolute atomic E-state index is 12.2. The molecule has 0 aliphatic rings. The third-order valence-electron chi connectivity index (χ3n) is 2.87. The summed E-state index contributed by atoms with van der Waals surface area (Å²) in [5.41, 5.74) is 2.83. The number of hydrogen-bond acceptors (Lipinski definition) is 4. The molecule has 0 radical (unpaired) electrons. The van der Waals surface area contributed by atoms with Crippen LogP contribution in [0.25, 0.3) is 11.0 Å². The van der Waals surface area contributed by atoms with Crippen LogP contribution in [0.4, 0.5) is 5.69 Å². The quantitative estimate of drug-likeness (QED) is 0.752. The maximum Gasteiger partial charge on any atom is 0.247 e. The molecule has 0 spiro atoms. The lowest BCUT2D eigenvalue weighted by atomic mass is 10.1. The van der Waals surface area contributed by atoms with Gasteiger partial charge in [-0.25, -0.2) is 0 Å². The Labute approximate surface area is 124 Å². The normalized spacial score (nSPS) is 12.2. The molecule has 0 fully saturated rings. The fraction of sp³-hybridized carbons (Fsp3) is 0.0714. The van der Waals surface area contributed by atoms with Gasteiger partial charge in [-0.3, -0.25) is 4.79 Å². The second kappa shape index (κ2) is 5.56. The number of benzene rings is 2. The van der Waals surface area contributed by atoms with Crippen molar-refractivity contribution in [1.29, 1.82) is 0 Å². The van der Waals surface area contributed by atoms with Gasteiger partial charge in [0.25, 0.3) is 0 Å². The van der Waals surface area contributed by atoms with Gasteiger partial charge in [-0.15, -0.1) is 11.6 Å². The van der Waals surface area contributed by atoms with Crippen molar-refractivity contribution in [3.63, 3.8) is 0 Å². The van der Waals surface area contributed by atoms with Crippen molar-refractivity contribution >= 4 is 46.0 Å². The number of alkyl halides is 1. The van der Waals surface area contributed by atoms with Gasteiger partial charge in [-0.1, -0.05) is 36.4 Å².